The van der Waals surface area contributed by atoms with Crippen LogP contribution in [0.5, 0.6) is 0 Å². The number of hydrogen-bond donors (Lipinski definition) is 3. The molecule has 9 atom stereocenters. The molecule has 0 aromatic rings. The van der Waals surface area contributed by atoms with Crippen molar-refractivity contribution < 1.29 is 39.1 Å². The Hall–Kier alpha value is -2.00. The van der Waals surface area contributed by atoms with Crippen molar-refractivity contribution in [1.82, 2.24) is 0 Å². The van der Waals surface area contributed by atoms with E-state index in [1.807, 2.05) is 32.9 Å². The summed E-state index contributed by atoms with van der Waals surface area (Å²) in [7, 11) is 0. The van der Waals surface area contributed by atoms with Crippen molar-refractivity contribution in [2.75, 3.05) is 0 Å². The summed E-state index contributed by atoms with van der Waals surface area (Å²) in [5.74, 6) is -0.627. The maximum atomic E-state index is 12.4. The van der Waals surface area contributed by atoms with Gasteiger partial charge in [-0.15, -0.1) is 0 Å². The van der Waals surface area contributed by atoms with Crippen molar-refractivity contribution in [3.05, 3.63) is 36.0 Å². The molecule has 2 heterocycles. The van der Waals surface area contributed by atoms with Crippen molar-refractivity contribution in [3.63, 3.8) is 0 Å². The first kappa shape index (κ1) is 31.2. The summed E-state index contributed by atoms with van der Waals surface area (Å²) >= 11 is 0. The van der Waals surface area contributed by atoms with Crippen LogP contribution in [0, 0.1) is 11.8 Å². The second-order valence-electron chi connectivity index (χ2n) is 10.9. The Labute approximate surface area is 221 Å². The van der Waals surface area contributed by atoms with E-state index >= 15 is 0 Å². The van der Waals surface area contributed by atoms with E-state index in [1.54, 1.807) is 19.1 Å². The van der Waals surface area contributed by atoms with E-state index in [1.165, 1.54) is 6.92 Å². The molecule has 0 aromatic heterocycles. The predicted octanol–water partition coefficient (Wildman–Crippen LogP) is 3.78. The first-order valence-electron chi connectivity index (χ1n) is 13.5. The van der Waals surface area contributed by atoms with Gasteiger partial charge in [0.2, 0.25) is 0 Å². The molecule has 0 bridgehead atoms. The molecular weight excluding hydrogens is 476 g/mol. The SMILES string of the molecule is CCC(O)C(C)C1OC1CC(C)C=CC=C(C)C1CC=CC(OC(C)=O)C(C)(O)CCC(O)CC(=O)O1. The molecule has 9 unspecified atom stereocenters. The highest BCUT2D eigenvalue weighted by molar-refractivity contribution is 5.70. The van der Waals surface area contributed by atoms with Gasteiger partial charge in [-0.2, -0.15) is 0 Å². The van der Waals surface area contributed by atoms with E-state index in [0.29, 0.717) is 6.42 Å². The van der Waals surface area contributed by atoms with Crippen molar-refractivity contribution in [3.8, 4) is 0 Å². The van der Waals surface area contributed by atoms with Gasteiger partial charge in [0.15, 0.2) is 0 Å². The first-order chi connectivity index (χ1) is 17.3. The van der Waals surface area contributed by atoms with Crippen LogP contribution in [0.25, 0.3) is 0 Å². The molecule has 37 heavy (non-hydrogen) atoms. The van der Waals surface area contributed by atoms with Gasteiger partial charge in [0.25, 0.3) is 0 Å². The molecule has 0 saturated carbocycles. The van der Waals surface area contributed by atoms with Gasteiger partial charge in [-0.05, 0) is 57.1 Å². The zero-order valence-corrected chi connectivity index (χ0v) is 23.1. The van der Waals surface area contributed by atoms with E-state index in [9.17, 15) is 24.9 Å². The topological polar surface area (TPSA) is 126 Å². The number of carbonyl (C=O) groups is 2. The minimum atomic E-state index is -1.39. The van der Waals surface area contributed by atoms with Gasteiger partial charge < -0.3 is 29.5 Å². The number of ether oxygens (including phenoxy) is 3. The van der Waals surface area contributed by atoms with Crippen LogP contribution in [0.2, 0.25) is 0 Å². The maximum Gasteiger partial charge on any atom is 0.309 e. The molecule has 0 spiro atoms. The fourth-order valence-corrected chi connectivity index (χ4v) is 4.66. The largest absolute Gasteiger partial charge is 0.457 e. The zero-order chi connectivity index (χ0) is 27.8. The Morgan fingerprint density at radius 2 is 2.03 bits per heavy atom. The Kier molecular flexibility index (Phi) is 12.0. The van der Waals surface area contributed by atoms with Crippen molar-refractivity contribution in [2.45, 2.75) is 122 Å². The van der Waals surface area contributed by atoms with Crippen molar-refractivity contribution in [1.29, 1.82) is 0 Å². The van der Waals surface area contributed by atoms with Gasteiger partial charge in [0, 0.05) is 19.3 Å². The molecule has 1 saturated heterocycles. The Morgan fingerprint density at radius 3 is 2.68 bits per heavy atom. The average molecular weight is 523 g/mol. The highest BCUT2D eigenvalue weighted by atomic mass is 16.6. The minimum absolute atomic E-state index is 0.109. The molecule has 1 fully saturated rings. The van der Waals surface area contributed by atoms with Crippen molar-refractivity contribution >= 4 is 11.9 Å². The van der Waals surface area contributed by atoms with Crippen LogP contribution in [-0.2, 0) is 23.8 Å². The second kappa shape index (κ2) is 14.2. The van der Waals surface area contributed by atoms with Crippen LogP contribution in [-0.4, -0.2) is 69.5 Å². The molecule has 8 heteroatoms. The lowest BCUT2D eigenvalue weighted by Gasteiger charge is -2.31. The number of esters is 2. The van der Waals surface area contributed by atoms with Gasteiger partial charge in [0.05, 0.1) is 30.8 Å². The first-order valence-corrected chi connectivity index (χ1v) is 13.5. The number of rotatable bonds is 9. The number of aliphatic hydroxyl groups excluding tert-OH is 2. The molecular formula is C29H46O8. The van der Waals surface area contributed by atoms with E-state index in [4.69, 9.17) is 14.2 Å². The third-order valence-corrected chi connectivity index (χ3v) is 7.30. The lowest BCUT2D eigenvalue weighted by molar-refractivity contribution is -0.157. The molecule has 3 N–H and O–H groups in total. The Bertz CT molecular complexity index is 845. The third-order valence-electron chi connectivity index (χ3n) is 7.30. The van der Waals surface area contributed by atoms with Gasteiger partial charge in [0.1, 0.15) is 17.8 Å². The van der Waals surface area contributed by atoms with Gasteiger partial charge >= 0.3 is 11.9 Å². The van der Waals surface area contributed by atoms with E-state index in [2.05, 4.69) is 13.0 Å². The molecule has 0 radical (unpaired) electrons. The van der Waals surface area contributed by atoms with Gasteiger partial charge in [-0.3, -0.25) is 9.59 Å². The molecule has 0 amide bonds. The summed E-state index contributed by atoms with van der Waals surface area (Å²) in [4.78, 5) is 24.0. The Morgan fingerprint density at radius 1 is 1.32 bits per heavy atom. The summed E-state index contributed by atoms with van der Waals surface area (Å²) in [5.41, 5.74) is -0.564. The maximum absolute atomic E-state index is 12.4. The summed E-state index contributed by atoms with van der Waals surface area (Å²) in [5, 5.41) is 31.2. The summed E-state index contributed by atoms with van der Waals surface area (Å²) in [6.45, 7) is 10.8. The van der Waals surface area contributed by atoms with E-state index < -0.39 is 35.9 Å². The number of cyclic esters (lactones) is 1. The summed E-state index contributed by atoms with van der Waals surface area (Å²) in [6.07, 6.45) is 8.84. The number of epoxide rings is 1. The number of aliphatic hydroxyl groups is 3. The quantitative estimate of drug-likeness (QED) is 0.181. The molecule has 2 aliphatic heterocycles. The minimum Gasteiger partial charge on any atom is -0.457 e. The Balaban J connectivity index is 2.05. The van der Waals surface area contributed by atoms with Crippen molar-refractivity contribution in [2.24, 2.45) is 11.8 Å². The van der Waals surface area contributed by atoms with Crippen LogP contribution >= 0.6 is 0 Å². The standard InChI is InChI=1S/C29H46O8/c1-7-23(32)20(4)28-25(37-28)16-18(2)10-8-11-19(3)24-12-9-13-26(35-21(5)30)29(6,34)15-14-22(31)17-27(33)36-24/h8-11,13,18,20,22-26,28,31-32,34H,7,12,14-17H2,1-6H3. The normalized spacial score (nSPS) is 34.1. The van der Waals surface area contributed by atoms with Crippen LogP contribution in [0.3, 0.4) is 0 Å². The molecule has 0 aromatic carbocycles. The zero-order valence-electron chi connectivity index (χ0n) is 23.1. The van der Waals surface area contributed by atoms with Crippen LogP contribution in [0.4, 0.5) is 0 Å². The summed E-state index contributed by atoms with van der Waals surface area (Å²) in [6, 6.07) is 0. The molecule has 0 aliphatic carbocycles. The van der Waals surface area contributed by atoms with Crippen LogP contribution < -0.4 is 0 Å². The highest BCUT2D eigenvalue weighted by Gasteiger charge is 2.44. The second-order valence-corrected chi connectivity index (χ2v) is 10.9. The number of hydrogen-bond acceptors (Lipinski definition) is 8. The molecule has 2 rings (SSSR count). The molecule has 8 nitrogen and oxygen atoms in total. The van der Waals surface area contributed by atoms with Gasteiger partial charge in [-0.25, -0.2) is 0 Å². The number of carbonyl (C=O) groups excluding carboxylic acids is 2. The lowest BCUT2D eigenvalue weighted by atomic mass is 9.90. The molecule has 2 aliphatic rings. The predicted molar refractivity (Wildman–Crippen MR) is 140 cm³/mol. The highest BCUT2D eigenvalue weighted by Crippen LogP contribution is 2.36. The molecule has 210 valence electrons. The number of allylic oxidation sites excluding steroid dienone is 3. The summed E-state index contributed by atoms with van der Waals surface area (Å²) < 4.78 is 16.8. The third kappa shape index (κ3) is 10.3. The monoisotopic (exact) mass is 522 g/mol. The van der Waals surface area contributed by atoms with E-state index in [0.717, 1.165) is 18.4 Å². The van der Waals surface area contributed by atoms with Crippen LogP contribution in [0.1, 0.15) is 80.1 Å². The fourth-order valence-electron chi connectivity index (χ4n) is 4.66. The van der Waals surface area contributed by atoms with E-state index in [-0.39, 0.29) is 49.4 Å². The lowest BCUT2D eigenvalue weighted by Crippen LogP contribution is -2.42. The van der Waals surface area contributed by atoms with Crippen LogP contribution in [0.15, 0.2) is 36.0 Å². The fraction of sp³-hybridized carbons (Fsp3) is 0.724. The van der Waals surface area contributed by atoms with Gasteiger partial charge in [-0.1, -0.05) is 45.1 Å². The smallest absolute Gasteiger partial charge is 0.309 e. The average Bonchev–Trinajstić information content (AvgIpc) is 3.58.